The molecule has 31 heavy (non-hydrogen) atoms. The van der Waals surface area contributed by atoms with Crippen molar-refractivity contribution in [3.63, 3.8) is 0 Å². The van der Waals surface area contributed by atoms with Crippen LogP contribution in [0.4, 0.5) is 4.39 Å². The number of amides is 2. The molecule has 9 heteroatoms. The van der Waals surface area contributed by atoms with Gasteiger partial charge in [0.25, 0.3) is 11.8 Å². The van der Waals surface area contributed by atoms with Crippen molar-refractivity contribution >= 4 is 39.3 Å². The minimum absolute atomic E-state index is 0.0441. The molecule has 4 rings (SSSR count). The molecule has 0 radical (unpaired) electrons. The summed E-state index contributed by atoms with van der Waals surface area (Å²) >= 11 is 8.98. The Bertz CT molecular complexity index is 982. The molecule has 2 saturated heterocycles. The van der Waals surface area contributed by atoms with Gasteiger partial charge >= 0.3 is 0 Å². The highest BCUT2D eigenvalue weighted by Gasteiger charge is 2.39. The normalized spacial score (nSPS) is 22.1. The second-order valence-electron chi connectivity index (χ2n) is 7.81. The van der Waals surface area contributed by atoms with Gasteiger partial charge in [0.05, 0.1) is 16.6 Å². The first-order valence-electron chi connectivity index (χ1n) is 10.0. The van der Waals surface area contributed by atoms with Crippen LogP contribution in [-0.2, 0) is 0 Å². The van der Waals surface area contributed by atoms with Gasteiger partial charge in [0.1, 0.15) is 5.82 Å². The Kier molecular flexibility index (Phi) is 6.62. The standard InChI is InChI=1S/C22H22BrClFN3O3/c23-17-6-3-15(11-18(17)25)22(31)28-12-19(20(29)13-28)26-7-9-27(10-8-26)21(30)14-1-4-16(24)5-2-14/h1-6,11,19-20,29H,7-10,12-13H2/t19-,20-/m1/s1. The Morgan fingerprint density at radius 3 is 2.19 bits per heavy atom. The summed E-state index contributed by atoms with van der Waals surface area (Å²) in [7, 11) is 0. The number of benzene rings is 2. The van der Waals surface area contributed by atoms with Crippen LogP contribution in [0.15, 0.2) is 46.9 Å². The number of carbonyl (C=O) groups is 2. The summed E-state index contributed by atoms with van der Waals surface area (Å²) < 4.78 is 14.1. The number of hydrogen-bond acceptors (Lipinski definition) is 4. The minimum Gasteiger partial charge on any atom is -0.390 e. The van der Waals surface area contributed by atoms with Crippen molar-refractivity contribution in [1.82, 2.24) is 14.7 Å². The number of β-amino-alcohol motifs (C(OH)–C–C–N with tert-alkyl or cyclic N) is 1. The summed E-state index contributed by atoms with van der Waals surface area (Å²) in [6.07, 6.45) is -0.692. The Labute approximate surface area is 193 Å². The number of piperazine rings is 1. The Balaban J connectivity index is 1.35. The van der Waals surface area contributed by atoms with E-state index in [0.29, 0.717) is 47.8 Å². The van der Waals surface area contributed by atoms with Crippen molar-refractivity contribution in [1.29, 1.82) is 0 Å². The van der Waals surface area contributed by atoms with Crippen LogP contribution in [0.2, 0.25) is 5.02 Å². The number of hydrogen-bond donors (Lipinski definition) is 1. The van der Waals surface area contributed by atoms with E-state index in [1.807, 2.05) is 0 Å². The predicted molar refractivity (Wildman–Crippen MR) is 119 cm³/mol. The Morgan fingerprint density at radius 1 is 0.935 bits per heavy atom. The first-order chi connectivity index (χ1) is 14.8. The van der Waals surface area contributed by atoms with Crippen LogP contribution in [0.1, 0.15) is 20.7 Å². The van der Waals surface area contributed by atoms with Gasteiger partial charge < -0.3 is 14.9 Å². The van der Waals surface area contributed by atoms with Crippen molar-refractivity contribution in [3.8, 4) is 0 Å². The molecule has 0 unspecified atom stereocenters. The van der Waals surface area contributed by atoms with E-state index < -0.39 is 11.9 Å². The van der Waals surface area contributed by atoms with Crippen LogP contribution in [0.25, 0.3) is 0 Å². The first kappa shape index (κ1) is 22.2. The zero-order valence-corrected chi connectivity index (χ0v) is 19.0. The number of nitrogens with zero attached hydrogens (tertiary/aromatic N) is 3. The third-order valence-corrected chi connectivity index (χ3v) is 6.77. The Morgan fingerprint density at radius 2 is 1.55 bits per heavy atom. The maximum absolute atomic E-state index is 13.8. The molecule has 2 atom stereocenters. The van der Waals surface area contributed by atoms with Crippen molar-refractivity contribution in [2.45, 2.75) is 12.1 Å². The number of aliphatic hydroxyl groups excluding tert-OH is 1. The SMILES string of the molecule is O=C(c1ccc(Cl)cc1)N1CCN([C@@H]2CN(C(=O)c3ccc(Br)c(F)c3)C[C@H]2O)CC1. The molecule has 0 saturated carbocycles. The van der Waals surface area contributed by atoms with Crippen LogP contribution < -0.4 is 0 Å². The van der Waals surface area contributed by atoms with Crippen molar-refractivity contribution in [2.75, 3.05) is 39.3 Å². The van der Waals surface area contributed by atoms with Crippen molar-refractivity contribution < 1.29 is 19.1 Å². The van der Waals surface area contributed by atoms with Gasteiger partial charge in [-0.2, -0.15) is 0 Å². The summed E-state index contributed by atoms with van der Waals surface area (Å²) in [6, 6.07) is 10.9. The number of carbonyl (C=O) groups excluding carboxylic acids is 2. The average molecular weight is 511 g/mol. The van der Waals surface area contributed by atoms with Gasteiger partial charge in [-0.1, -0.05) is 11.6 Å². The van der Waals surface area contributed by atoms with Gasteiger partial charge in [-0.25, -0.2) is 4.39 Å². The van der Waals surface area contributed by atoms with Gasteiger partial charge in [0.15, 0.2) is 0 Å². The second kappa shape index (κ2) is 9.24. The second-order valence-corrected chi connectivity index (χ2v) is 9.10. The summed E-state index contributed by atoms with van der Waals surface area (Å²) in [5.74, 6) is -0.842. The van der Waals surface area contributed by atoms with E-state index in [2.05, 4.69) is 20.8 Å². The Hall–Kier alpha value is -2.00. The van der Waals surface area contributed by atoms with E-state index in [4.69, 9.17) is 11.6 Å². The van der Waals surface area contributed by atoms with Gasteiger partial charge in [0, 0.05) is 55.4 Å². The molecule has 2 aromatic carbocycles. The van der Waals surface area contributed by atoms with Crippen LogP contribution in [0.3, 0.4) is 0 Å². The van der Waals surface area contributed by atoms with Gasteiger partial charge in [-0.15, -0.1) is 0 Å². The lowest BCUT2D eigenvalue weighted by molar-refractivity contribution is 0.0376. The van der Waals surface area contributed by atoms with Gasteiger partial charge in [0.2, 0.25) is 0 Å². The van der Waals surface area contributed by atoms with Crippen molar-refractivity contribution in [3.05, 3.63) is 68.9 Å². The summed E-state index contributed by atoms with van der Waals surface area (Å²) in [5, 5.41) is 11.2. The van der Waals surface area contributed by atoms with E-state index in [0.717, 1.165) is 0 Å². The molecular weight excluding hydrogens is 489 g/mol. The third-order valence-electron chi connectivity index (χ3n) is 5.87. The molecule has 0 spiro atoms. The van der Waals surface area contributed by atoms with Gasteiger partial charge in [-0.05, 0) is 58.4 Å². The number of likely N-dealkylation sites (tertiary alicyclic amines) is 1. The van der Waals surface area contributed by atoms with E-state index >= 15 is 0 Å². The lowest BCUT2D eigenvalue weighted by Crippen LogP contribution is -2.54. The topological polar surface area (TPSA) is 64.1 Å². The quantitative estimate of drug-likeness (QED) is 0.690. The van der Waals surface area contributed by atoms with Gasteiger partial charge in [-0.3, -0.25) is 14.5 Å². The largest absolute Gasteiger partial charge is 0.390 e. The molecule has 0 aliphatic carbocycles. The molecule has 6 nitrogen and oxygen atoms in total. The lowest BCUT2D eigenvalue weighted by atomic mass is 10.1. The molecule has 164 valence electrons. The fourth-order valence-electron chi connectivity index (χ4n) is 4.14. The van der Waals surface area contributed by atoms with Crippen LogP contribution >= 0.6 is 27.5 Å². The maximum Gasteiger partial charge on any atom is 0.254 e. The molecular formula is C22H22BrClFN3O3. The van der Waals surface area contributed by atoms with E-state index in [-0.39, 0.29) is 30.0 Å². The first-order valence-corrected chi connectivity index (χ1v) is 11.2. The van der Waals surface area contributed by atoms with E-state index in [9.17, 15) is 19.1 Å². The monoisotopic (exact) mass is 509 g/mol. The molecule has 2 amide bonds. The lowest BCUT2D eigenvalue weighted by Gasteiger charge is -2.38. The fourth-order valence-corrected chi connectivity index (χ4v) is 4.51. The molecule has 2 aromatic rings. The third kappa shape index (κ3) is 4.77. The highest BCUT2D eigenvalue weighted by molar-refractivity contribution is 9.10. The highest BCUT2D eigenvalue weighted by Crippen LogP contribution is 2.23. The minimum atomic E-state index is -0.692. The highest BCUT2D eigenvalue weighted by atomic mass is 79.9. The molecule has 2 fully saturated rings. The smallest absolute Gasteiger partial charge is 0.254 e. The number of aliphatic hydroxyl groups is 1. The number of rotatable bonds is 3. The summed E-state index contributed by atoms with van der Waals surface area (Å²) in [6.45, 7) is 2.85. The molecule has 2 aliphatic rings. The number of halogens is 3. The molecule has 2 heterocycles. The molecule has 2 aliphatic heterocycles. The zero-order chi connectivity index (χ0) is 22.1. The predicted octanol–water partition coefficient (Wildman–Crippen LogP) is 2.88. The van der Waals surface area contributed by atoms with Crippen LogP contribution in [0.5, 0.6) is 0 Å². The van der Waals surface area contributed by atoms with Crippen molar-refractivity contribution in [2.24, 2.45) is 0 Å². The fraction of sp³-hybridized carbons (Fsp3) is 0.364. The summed E-state index contributed by atoms with van der Waals surface area (Å²) in [4.78, 5) is 30.9. The van der Waals surface area contributed by atoms with E-state index in [1.165, 1.54) is 12.1 Å². The maximum atomic E-state index is 13.8. The van der Waals surface area contributed by atoms with Crippen LogP contribution in [-0.4, -0.2) is 83.0 Å². The molecule has 0 aromatic heterocycles. The van der Waals surface area contributed by atoms with E-state index in [1.54, 1.807) is 40.1 Å². The average Bonchev–Trinajstić information content (AvgIpc) is 3.17. The molecule has 1 N–H and O–H groups in total. The summed E-state index contributed by atoms with van der Waals surface area (Å²) in [5.41, 5.74) is 0.851. The van der Waals surface area contributed by atoms with Crippen LogP contribution in [0, 0.1) is 5.82 Å². The zero-order valence-electron chi connectivity index (χ0n) is 16.7. The molecule has 0 bridgehead atoms.